The van der Waals surface area contributed by atoms with Gasteiger partial charge in [0, 0.05) is 12.8 Å². The molecule has 0 aromatic carbocycles. The van der Waals surface area contributed by atoms with Crippen molar-refractivity contribution in [3.63, 3.8) is 0 Å². The van der Waals surface area contributed by atoms with E-state index in [9.17, 15) is 9.59 Å². The quantitative estimate of drug-likeness (QED) is 0.554. The van der Waals surface area contributed by atoms with Crippen molar-refractivity contribution in [2.45, 2.75) is 26.7 Å². The van der Waals surface area contributed by atoms with Crippen LogP contribution in [0.3, 0.4) is 0 Å². The van der Waals surface area contributed by atoms with Crippen LogP contribution in [-0.2, 0) is 9.59 Å². The first-order chi connectivity index (χ1) is 4.63. The van der Waals surface area contributed by atoms with Crippen molar-refractivity contribution in [1.82, 2.24) is 0 Å². The highest BCUT2D eigenvalue weighted by Gasteiger charge is 1.87. The summed E-state index contributed by atoms with van der Waals surface area (Å²) < 4.78 is 0. The molecule has 0 saturated carbocycles. The van der Waals surface area contributed by atoms with E-state index in [-0.39, 0.29) is 11.6 Å². The summed E-state index contributed by atoms with van der Waals surface area (Å²) in [7, 11) is 0. The van der Waals surface area contributed by atoms with E-state index in [1.165, 1.54) is 13.8 Å². The number of rotatable bonds is 4. The number of carbonyl (C=O) groups is 2. The van der Waals surface area contributed by atoms with E-state index in [2.05, 4.69) is 0 Å². The number of Topliss-reactive ketones (excluding diaryl/α,β-unsaturated/α-hetero) is 2. The van der Waals surface area contributed by atoms with Gasteiger partial charge in [-0.2, -0.15) is 0 Å². The first kappa shape index (κ1) is 9.08. The van der Waals surface area contributed by atoms with E-state index < -0.39 is 0 Å². The zero-order valence-electron chi connectivity index (χ0n) is 6.39. The smallest absolute Gasteiger partial charge is 0.133 e. The monoisotopic (exact) mass is 140 g/mol. The highest BCUT2D eigenvalue weighted by Crippen LogP contribution is 1.88. The summed E-state index contributed by atoms with van der Waals surface area (Å²) in [6, 6.07) is 0. The summed E-state index contributed by atoms with van der Waals surface area (Å²) in [6.07, 6.45) is 4.33. The second kappa shape index (κ2) is 4.91. The lowest BCUT2D eigenvalue weighted by molar-refractivity contribution is -0.117. The van der Waals surface area contributed by atoms with Crippen LogP contribution in [-0.4, -0.2) is 11.6 Å². The average molecular weight is 140 g/mol. The van der Waals surface area contributed by atoms with Gasteiger partial charge in [-0.15, -0.1) is 0 Å². The molecule has 0 aromatic heterocycles. The standard InChI is InChI=1S/C8H12O2/c1-7(9)5-3-4-6-8(2)10/h3-4H,5-6H2,1-2H3/b4-3-. The predicted molar refractivity (Wildman–Crippen MR) is 39.7 cm³/mol. The fraction of sp³-hybridized carbons (Fsp3) is 0.500. The second-order valence-corrected chi connectivity index (χ2v) is 2.28. The third-order valence-electron chi connectivity index (χ3n) is 0.977. The minimum atomic E-state index is 0.125. The van der Waals surface area contributed by atoms with Gasteiger partial charge in [-0.3, -0.25) is 9.59 Å². The Labute approximate surface area is 60.9 Å². The van der Waals surface area contributed by atoms with E-state index >= 15 is 0 Å². The van der Waals surface area contributed by atoms with E-state index in [4.69, 9.17) is 0 Å². The zero-order chi connectivity index (χ0) is 7.98. The number of ketones is 2. The molecular formula is C8H12O2. The molecule has 0 rings (SSSR count). The lowest BCUT2D eigenvalue weighted by Gasteiger charge is -1.84. The third-order valence-corrected chi connectivity index (χ3v) is 0.977. The molecule has 0 radical (unpaired) electrons. The minimum absolute atomic E-state index is 0.125. The molecule has 56 valence electrons. The predicted octanol–water partition coefficient (Wildman–Crippen LogP) is 1.50. The third kappa shape index (κ3) is 7.08. The highest BCUT2D eigenvalue weighted by atomic mass is 16.1. The molecule has 0 heterocycles. The lowest BCUT2D eigenvalue weighted by Crippen LogP contribution is -1.87. The molecule has 2 nitrogen and oxygen atoms in total. The maximum atomic E-state index is 10.4. The van der Waals surface area contributed by atoms with Crippen molar-refractivity contribution < 1.29 is 9.59 Å². The molecule has 0 unspecified atom stereocenters. The maximum absolute atomic E-state index is 10.4. The number of hydrogen-bond donors (Lipinski definition) is 0. The van der Waals surface area contributed by atoms with Crippen molar-refractivity contribution >= 4 is 11.6 Å². The van der Waals surface area contributed by atoms with Crippen molar-refractivity contribution in [2.75, 3.05) is 0 Å². The van der Waals surface area contributed by atoms with Crippen LogP contribution in [0.2, 0.25) is 0 Å². The molecule has 0 aliphatic carbocycles. The summed E-state index contributed by atoms with van der Waals surface area (Å²) in [6.45, 7) is 3.05. The molecule has 0 aliphatic heterocycles. The van der Waals surface area contributed by atoms with E-state index in [1.807, 2.05) is 0 Å². The van der Waals surface area contributed by atoms with Crippen LogP contribution in [0.5, 0.6) is 0 Å². The van der Waals surface area contributed by atoms with Crippen molar-refractivity contribution in [2.24, 2.45) is 0 Å². The van der Waals surface area contributed by atoms with Crippen LogP contribution in [0.4, 0.5) is 0 Å². The van der Waals surface area contributed by atoms with Gasteiger partial charge in [0.1, 0.15) is 11.6 Å². The average Bonchev–Trinajstić information content (AvgIpc) is 1.79. The van der Waals surface area contributed by atoms with Gasteiger partial charge in [-0.25, -0.2) is 0 Å². The van der Waals surface area contributed by atoms with Crippen molar-refractivity contribution in [3.05, 3.63) is 12.2 Å². The van der Waals surface area contributed by atoms with Gasteiger partial charge in [0.2, 0.25) is 0 Å². The molecule has 0 atom stereocenters. The zero-order valence-corrected chi connectivity index (χ0v) is 6.39. The maximum Gasteiger partial charge on any atom is 0.133 e. The Balaban J connectivity index is 3.38. The fourth-order valence-electron chi connectivity index (χ4n) is 0.499. The molecule has 0 bridgehead atoms. The molecule has 0 aromatic rings. The molecule has 0 saturated heterocycles. The molecule has 0 N–H and O–H groups in total. The van der Waals surface area contributed by atoms with Crippen LogP contribution >= 0.6 is 0 Å². The van der Waals surface area contributed by atoms with Crippen LogP contribution in [0.15, 0.2) is 12.2 Å². The summed E-state index contributed by atoms with van der Waals surface area (Å²) >= 11 is 0. The molecule has 0 fully saturated rings. The van der Waals surface area contributed by atoms with Crippen LogP contribution in [0.1, 0.15) is 26.7 Å². The normalized spacial score (nSPS) is 10.2. The van der Waals surface area contributed by atoms with Crippen molar-refractivity contribution in [1.29, 1.82) is 0 Å². The molecule has 0 amide bonds. The fourth-order valence-corrected chi connectivity index (χ4v) is 0.499. The van der Waals surface area contributed by atoms with E-state index in [1.54, 1.807) is 12.2 Å². The van der Waals surface area contributed by atoms with E-state index in [0.29, 0.717) is 12.8 Å². The van der Waals surface area contributed by atoms with Gasteiger partial charge in [-0.1, -0.05) is 12.2 Å². The SMILES string of the molecule is CC(=O)C/C=C\CC(C)=O. The number of allylic oxidation sites excluding steroid dienone is 2. The van der Waals surface area contributed by atoms with E-state index in [0.717, 1.165) is 0 Å². The van der Waals surface area contributed by atoms with Crippen LogP contribution in [0.25, 0.3) is 0 Å². The summed E-state index contributed by atoms with van der Waals surface area (Å²) in [5.41, 5.74) is 0. The Bertz CT molecular complexity index is 139. The molecule has 10 heavy (non-hydrogen) atoms. The first-order valence-electron chi connectivity index (χ1n) is 3.27. The summed E-state index contributed by atoms with van der Waals surface area (Å²) in [4.78, 5) is 20.7. The molecule has 2 heteroatoms. The Hall–Kier alpha value is -0.920. The summed E-state index contributed by atoms with van der Waals surface area (Å²) in [5, 5.41) is 0. The lowest BCUT2D eigenvalue weighted by atomic mass is 10.2. The topological polar surface area (TPSA) is 34.1 Å². The number of carbonyl (C=O) groups excluding carboxylic acids is 2. The Morgan fingerprint density at radius 3 is 1.50 bits per heavy atom. The van der Waals surface area contributed by atoms with Gasteiger partial charge in [0.05, 0.1) is 0 Å². The Morgan fingerprint density at radius 1 is 1.00 bits per heavy atom. The molecule has 0 spiro atoms. The van der Waals surface area contributed by atoms with Gasteiger partial charge >= 0.3 is 0 Å². The molecular weight excluding hydrogens is 128 g/mol. The van der Waals surface area contributed by atoms with Crippen molar-refractivity contribution in [3.8, 4) is 0 Å². The van der Waals surface area contributed by atoms with Crippen LogP contribution in [0, 0.1) is 0 Å². The van der Waals surface area contributed by atoms with Gasteiger partial charge in [0.25, 0.3) is 0 Å². The van der Waals surface area contributed by atoms with Gasteiger partial charge < -0.3 is 0 Å². The largest absolute Gasteiger partial charge is 0.300 e. The second-order valence-electron chi connectivity index (χ2n) is 2.28. The Kier molecular flexibility index (Phi) is 4.46. The Morgan fingerprint density at radius 2 is 1.30 bits per heavy atom. The number of hydrogen-bond acceptors (Lipinski definition) is 2. The highest BCUT2D eigenvalue weighted by molar-refractivity contribution is 5.78. The minimum Gasteiger partial charge on any atom is -0.300 e. The van der Waals surface area contributed by atoms with Crippen LogP contribution < -0.4 is 0 Å². The summed E-state index contributed by atoms with van der Waals surface area (Å²) in [5.74, 6) is 0.250. The molecule has 0 aliphatic rings. The van der Waals surface area contributed by atoms with Gasteiger partial charge in [-0.05, 0) is 13.8 Å². The van der Waals surface area contributed by atoms with Gasteiger partial charge in [0.15, 0.2) is 0 Å². The first-order valence-corrected chi connectivity index (χ1v) is 3.27.